The van der Waals surface area contributed by atoms with Gasteiger partial charge >= 0.3 is 0 Å². The number of nitrogens with zero attached hydrogens (tertiary/aromatic N) is 5. The molecule has 1 amide bonds. The maximum atomic E-state index is 12.5. The molecule has 27 heavy (non-hydrogen) atoms. The van der Waals surface area contributed by atoms with E-state index in [4.69, 9.17) is 0 Å². The summed E-state index contributed by atoms with van der Waals surface area (Å²) in [5.41, 5.74) is 1.07. The minimum absolute atomic E-state index is 0.00215. The Morgan fingerprint density at radius 2 is 2.00 bits per heavy atom. The highest BCUT2D eigenvalue weighted by Gasteiger charge is 2.19. The maximum absolute atomic E-state index is 12.5. The molecule has 2 aromatic carbocycles. The number of nitro benzene ring substituents is 1. The van der Waals surface area contributed by atoms with Gasteiger partial charge in [0.25, 0.3) is 11.6 Å². The van der Waals surface area contributed by atoms with E-state index in [-0.39, 0.29) is 11.3 Å². The lowest BCUT2D eigenvalue weighted by Crippen LogP contribution is -2.13. The Balaban J connectivity index is 1.63. The molecule has 0 aliphatic carbocycles. The van der Waals surface area contributed by atoms with Crippen LogP contribution < -0.4 is 5.32 Å². The molecule has 0 spiro atoms. The number of carbonyl (C=O) groups excluding carboxylic acids is 1. The fourth-order valence-corrected chi connectivity index (χ4v) is 3.47. The van der Waals surface area contributed by atoms with Crippen LogP contribution in [0.25, 0.3) is 15.5 Å². The lowest BCUT2D eigenvalue weighted by Gasteiger charge is -2.07. The van der Waals surface area contributed by atoms with E-state index in [0.29, 0.717) is 16.5 Å². The van der Waals surface area contributed by atoms with E-state index in [1.807, 2.05) is 13.0 Å². The minimum Gasteiger partial charge on any atom is -0.322 e. The molecule has 0 bridgehead atoms. The first-order valence-electron chi connectivity index (χ1n) is 7.87. The van der Waals surface area contributed by atoms with Crippen LogP contribution in [0.3, 0.4) is 0 Å². The van der Waals surface area contributed by atoms with E-state index < -0.39 is 10.8 Å². The van der Waals surface area contributed by atoms with E-state index in [2.05, 4.69) is 20.6 Å². The Bertz CT molecular complexity index is 1180. The molecular weight excluding hydrogens is 368 g/mol. The van der Waals surface area contributed by atoms with Crippen LogP contribution in [-0.4, -0.2) is 30.6 Å². The van der Waals surface area contributed by atoms with Gasteiger partial charge in [-0.1, -0.05) is 35.6 Å². The summed E-state index contributed by atoms with van der Waals surface area (Å²) in [5, 5.41) is 27.0. The van der Waals surface area contributed by atoms with Crippen molar-refractivity contribution in [2.75, 3.05) is 5.32 Å². The largest absolute Gasteiger partial charge is 0.322 e. The van der Waals surface area contributed by atoms with Gasteiger partial charge in [0.15, 0.2) is 5.82 Å². The number of fused-ring (bicyclic) bond motifs is 1. The van der Waals surface area contributed by atoms with Crippen LogP contribution in [0.5, 0.6) is 0 Å². The summed E-state index contributed by atoms with van der Waals surface area (Å²) < 4.78 is 1.65. The van der Waals surface area contributed by atoms with E-state index in [9.17, 15) is 14.9 Å². The van der Waals surface area contributed by atoms with Crippen LogP contribution in [-0.2, 0) is 0 Å². The standard InChI is InChI=1S/C17H12N6O3S/c1-10-19-20-17-22(10)21-16(27-17)11-5-4-6-12(9-11)18-15(24)13-7-2-3-8-14(13)23(25)26/h2-9H,1H3,(H,18,24). The van der Waals surface area contributed by atoms with Gasteiger partial charge in [-0.2, -0.15) is 9.61 Å². The minimum atomic E-state index is -0.576. The molecule has 0 radical (unpaired) electrons. The number of nitrogens with one attached hydrogen (secondary N) is 1. The number of hydrogen-bond donors (Lipinski definition) is 1. The number of hydrogen-bond acceptors (Lipinski definition) is 7. The Morgan fingerprint density at radius 3 is 2.78 bits per heavy atom. The first kappa shape index (κ1) is 16.8. The molecule has 0 atom stereocenters. The second-order valence-electron chi connectivity index (χ2n) is 5.66. The Hall–Kier alpha value is -3.66. The fraction of sp³-hybridized carbons (Fsp3) is 0.0588. The van der Waals surface area contributed by atoms with Crippen molar-refractivity contribution in [2.24, 2.45) is 0 Å². The van der Waals surface area contributed by atoms with Crippen molar-refractivity contribution in [2.45, 2.75) is 6.92 Å². The zero-order chi connectivity index (χ0) is 19.0. The lowest BCUT2D eigenvalue weighted by molar-refractivity contribution is -0.385. The summed E-state index contributed by atoms with van der Waals surface area (Å²) >= 11 is 1.38. The average Bonchev–Trinajstić information content (AvgIpc) is 3.24. The predicted molar refractivity (Wildman–Crippen MR) is 99.9 cm³/mol. The van der Waals surface area contributed by atoms with Crippen molar-refractivity contribution >= 4 is 33.6 Å². The van der Waals surface area contributed by atoms with Crippen LogP contribution in [0.4, 0.5) is 11.4 Å². The highest BCUT2D eigenvalue weighted by molar-refractivity contribution is 7.19. The monoisotopic (exact) mass is 380 g/mol. The lowest BCUT2D eigenvalue weighted by atomic mass is 10.1. The molecule has 0 fully saturated rings. The molecule has 134 valence electrons. The van der Waals surface area contributed by atoms with Crippen molar-refractivity contribution in [1.29, 1.82) is 0 Å². The zero-order valence-electron chi connectivity index (χ0n) is 14.0. The van der Waals surface area contributed by atoms with E-state index in [1.54, 1.807) is 28.8 Å². The van der Waals surface area contributed by atoms with Gasteiger partial charge in [-0.15, -0.1) is 10.2 Å². The summed E-state index contributed by atoms with van der Waals surface area (Å²) in [7, 11) is 0. The van der Waals surface area contributed by atoms with Gasteiger partial charge in [0.05, 0.1) is 4.92 Å². The molecule has 0 saturated carbocycles. The van der Waals surface area contributed by atoms with Gasteiger partial charge in [0.1, 0.15) is 10.6 Å². The third kappa shape index (κ3) is 3.13. The van der Waals surface area contributed by atoms with Gasteiger partial charge < -0.3 is 5.32 Å². The second kappa shape index (κ2) is 6.57. The molecule has 1 N–H and O–H groups in total. The van der Waals surface area contributed by atoms with E-state index >= 15 is 0 Å². The Kier molecular flexibility index (Phi) is 4.09. The summed E-state index contributed by atoms with van der Waals surface area (Å²) in [4.78, 5) is 23.7. The van der Waals surface area contributed by atoms with Gasteiger partial charge in [-0.3, -0.25) is 14.9 Å². The number of amides is 1. The molecular formula is C17H12N6O3S. The SMILES string of the molecule is Cc1nnc2sc(-c3cccc(NC(=O)c4ccccc4[N+](=O)[O-])c3)nn12. The predicted octanol–water partition coefficient (Wildman–Crippen LogP) is 3.32. The van der Waals surface area contributed by atoms with Crippen molar-refractivity contribution in [3.8, 4) is 10.6 Å². The molecule has 0 saturated heterocycles. The van der Waals surface area contributed by atoms with Crippen molar-refractivity contribution in [3.63, 3.8) is 0 Å². The number of para-hydroxylation sites is 1. The number of anilines is 1. The number of aromatic nitrogens is 4. The highest BCUT2D eigenvalue weighted by atomic mass is 32.1. The van der Waals surface area contributed by atoms with Crippen LogP contribution in [0.2, 0.25) is 0 Å². The molecule has 4 rings (SSSR count). The molecule has 0 aliphatic heterocycles. The van der Waals surface area contributed by atoms with Crippen molar-refractivity contribution in [1.82, 2.24) is 19.8 Å². The van der Waals surface area contributed by atoms with Crippen LogP contribution in [0, 0.1) is 17.0 Å². The third-order valence-electron chi connectivity index (χ3n) is 3.86. The molecule has 2 aromatic heterocycles. The van der Waals surface area contributed by atoms with Gasteiger partial charge in [0.2, 0.25) is 4.96 Å². The summed E-state index contributed by atoms with van der Waals surface area (Å²) in [6, 6.07) is 12.9. The van der Waals surface area contributed by atoms with Gasteiger partial charge in [-0.05, 0) is 25.1 Å². The number of benzene rings is 2. The molecule has 10 heteroatoms. The van der Waals surface area contributed by atoms with Crippen LogP contribution in [0.1, 0.15) is 16.2 Å². The average molecular weight is 380 g/mol. The Labute approximate surface area is 156 Å². The second-order valence-corrected chi connectivity index (χ2v) is 6.61. The third-order valence-corrected chi connectivity index (χ3v) is 4.81. The number of nitro groups is 1. The first-order chi connectivity index (χ1) is 13.0. The number of carbonyl (C=O) groups is 1. The van der Waals surface area contributed by atoms with Crippen LogP contribution in [0.15, 0.2) is 48.5 Å². The smallest absolute Gasteiger partial charge is 0.282 e. The van der Waals surface area contributed by atoms with Crippen molar-refractivity contribution < 1.29 is 9.72 Å². The molecule has 2 heterocycles. The van der Waals surface area contributed by atoms with Crippen molar-refractivity contribution in [3.05, 3.63) is 70.0 Å². The highest BCUT2D eigenvalue weighted by Crippen LogP contribution is 2.28. The molecule has 0 aliphatic rings. The maximum Gasteiger partial charge on any atom is 0.282 e. The van der Waals surface area contributed by atoms with E-state index in [1.165, 1.54) is 29.5 Å². The fourth-order valence-electron chi connectivity index (χ4n) is 2.58. The summed E-state index contributed by atoms with van der Waals surface area (Å²) in [6.45, 7) is 1.81. The molecule has 4 aromatic rings. The quantitative estimate of drug-likeness (QED) is 0.429. The topological polar surface area (TPSA) is 115 Å². The summed E-state index contributed by atoms with van der Waals surface area (Å²) in [6.07, 6.45) is 0. The van der Waals surface area contributed by atoms with E-state index in [0.717, 1.165) is 10.6 Å². The zero-order valence-corrected chi connectivity index (χ0v) is 14.8. The van der Waals surface area contributed by atoms with Gasteiger partial charge in [0, 0.05) is 17.3 Å². The molecule has 9 nitrogen and oxygen atoms in total. The summed E-state index contributed by atoms with van der Waals surface area (Å²) in [5.74, 6) is 0.141. The van der Waals surface area contributed by atoms with Gasteiger partial charge in [-0.25, -0.2) is 0 Å². The van der Waals surface area contributed by atoms with Crippen LogP contribution >= 0.6 is 11.3 Å². The normalized spacial score (nSPS) is 10.9. The number of aryl methyl sites for hydroxylation is 1. The number of rotatable bonds is 4. The molecule has 0 unspecified atom stereocenters. The Morgan fingerprint density at radius 1 is 1.19 bits per heavy atom. The first-order valence-corrected chi connectivity index (χ1v) is 8.68.